The van der Waals surface area contributed by atoms with Gasteiger partial charge >= 0.3 is 7.12 Å². The van der Waals surface area contributed by atoms with Gasteiger partial charge in [0.25, 0.3) is 11.8 Å². The van der Waals surface area contributed by atoms with Gasteiger partial charge < -0.3 is 46.3 Å². The van der Waals surface area contributed by atoms with Crippen LogP contribution >= 0.6 is 43.5 Å². The Kier molecular flexibility index (Phi) is 17.8. The molecule has 0 unspecified atom stereocenters. The monoisotopic (exact) mass is 1320 g/mol. The Morgan fingerprint density at radius 1 is 0.581 bits per heavy atom. The van der Waals surface area contributed by atoms with E-state index < -0.39 is 7.12 Å². The van der Waals surface area contributed by atoms with E-state index in [4.69, 9.17) is 31.6 Å². The van der Waals surface area contributed by atoms with E-state index in [9.17, 15) is 22.8 Å². The van der Waals surface area contributed by atoms with Crippen LogP contribution < -0.4 is 32.6 Å². The van der Waals surface area contributed by atoms with Crippen LogP contribution in [0.4, 0.5) is 24.8 Å². The van der Waals surface area contributed by atoms with Crippen molar-refractivity contribution in [2.45, 2.75) is 168 Å². The maximum absolute atomic E-state index is 14.9. The van der Waals surface area contributed by atoms with Crippen molar-refractivity contribution in [3.63, 3.8) is 0 Å². The minimum absolute atomic E-state index is 0.0181. The molecule has 4 fully saturated rings. The number of anilines is 2. The molecule has 6 aliphatic rings. The zero-order chi connectivity index (χ0) is 61.8. The number of fused-ring (bicyclic) bond motifs is 5. The number of carbonyl (C=O) groups excluding carboxylic acids is 2. The first-order valence-electron chi connectivity index (χ1n) is 29.1. The third kappa shape index (κ3) is 13.3. The van der Waals surface area contributed by atoms with Gasteiger partial charge in [-0.05, 0) is 207 Å². The molecule has 0 spiro atoms. The number of benzene rings is 3. The number of halogens is 6. The number of nitrogens with two attached hydrogens (primary N) is 1. The summed E-state index contributed by atoms with van der Waals surface area (Å²) in [6, 6.07) is 12.6. The summed E-state index contributed by atoms with van der Waals surface area (Å²) < 4.78 is 54.2. The molecule has 454 valence electrons. The molecule has 3 aliphatic heterocycles. The van der Waals surface area contributed by atoms with Crippen LogP contribution in [-0.2, 0) is 22.2 Å². The minimum atomic E-state index is -0.441. The van der Waals surface area contributed by atoms with Crippen LogP contribution in [0.3, 0.4) is 0 Å². The van der Waals surface area contributed by atoms with E-state index in [1.807, 2.05) is 47.6 Å². The molecular weight excluding hydrogens is 1250 g/mol. The molecule has 8 aromatic rings. The van der Waals surface area contributed by atoms with E-state index in [2.05, 4.69) is 109 Å². The predicted octanol–water partition coefficient (Wildman–Crippen LogP) is 12.9. The summed E-state index contributed by atoms with van der Waals surface area (Å²) in [5.74, 6) is 0.215. The second kappa shape index (κ2) is 24.4. The number of nitrogens with zero attached hydrogens (tertiary/aromatic N) is 6. The van der Waals surface area contributed by atoms with Crippen LogP contribution in [0.25, 0.3) is 44.4 Å². The van der Waals surface area contributed by atoms with Crippen LogP contribution in [0, 0.1) is 38.2 Å². The van der Waals surface area contributed by atoms with Gasteiger partial charge in [-0.25, -0.2) is 43.1 Å². The Morgan fingerprint density at radius 3 is 1.44 bits per heavy atom. The van der Waals surface area contributed by atoms with Crippen LogP contribution in [0.2, 0.25) is 5.15 Å². The van der Waals surface area contributed by atoms with Crippen molar-refractivity contribution >= 4 is 113 Å². The molecule has 24 heteroatoms. The molecule has 86 heavy (non-hydrogen) atoms. The molecule has 8 heterocycles. The van der Waals surface area contributed by atoms with E-state index in [-0.39, 0.29) is 57.1 Å². The summed E-state index contributed by atoms with van der Waals surface area (Å²) in [5.41, 5.74) is 15.8. The highest BCUT2D eigenvalue weighted by molar-refractivity contribution is 9.11. The number of rotatable bonds is 6. The first-order chi connectivity index (χ1) is 40.5. The summed E-state index contributed by atoms with van der Waals surface area (Å²) in [6.07, 6.45) is 12.2. The smallest absolute Gasteiger partial charge is 0.398 e. The van der Waals surface area contributed by atoms with Gasteiger partial charge in [0.1, 0.15) is 45.6 Å². The molecule has 17 nitrogen and oxygen atoms in total. The third-order valence-corrected chi connectivity index (χ3v) is 19.2. The zero-order valence-electron chi connectivity index (χ0n) is 50.0. The number of nitrogens with one attached hydrogen (secondary N) is 6. The standard InChI is InChI=1S/C21H22FN5O.C14H15BrFN3.C13H19BN2O3.C9H5BrClFN2.C5H11N/c1-11-19(27-21(2)7-3-8-21)26-18-15(24-11)5-4-13(22)17(18)16-10-12-14(25-16)6-9-23-20(12)28;1-8-13(19-14(2)6-3-7-14)18-12-10(17-8)5-4-9(16)11(12)15;1-12(2)13(3,4)19-14(18-12)10-7-8-9(16-10)5-6-15-11(8)17;1-4-9(11)14-8-6(13-4)3-2-5(12)7(8)10;1-5(6)3-2-4-5/h4-5,10,25H,3,6-9H2,1-2H3,(H,23,28)(H,26,27);4-5H,3,6-7H2,1-2H3,(H,18,19);7,16H,5-6H2,1-4H3,(H,15,17);2-3H,1H3;2-4,6H2,1H3. The Morgan fingerprint density at radius 2 is 1.00 bits per heavy atom. The highest BCUT2D eigenvalue weighted by Crippen LogP contribution is 2.40. The highest BCUT2D eigenvalue weighted by Gasteiger charge is 2.52. The number of amides is 2. The number of carbonyl (C=O) groups is 2. The van der Waals surface area contributed by atoms with Crippen molar-refractivity contribution in [3.8, 4) is 11.3 Å². The maximum atomic E-state index is 14.9. The Bertz CT molecular complexity index is 3930. The SMILES string of the molecule is CC1(C)OB(c2cc3c([nH]2)CCNC3=O)OC1(C)C.CC1(N)CCC1.Cc1nc2ccc(F)c(-c3cc4c([nH]3)CCNC4=O)c2nc1NC1(C)CCC1.Cc1nc2ccc(F)c(Br)c2nc1Cl.Cc1nc2ccc(F)c(Br)c2nc1NC1(C)CCC1. The molecular formula is C62H72BBr2ClF3N13O4. The second-order valence-corrected chi connectivity index (χ2v) is 27.0. The normalized spacial score (nSPS) is 18.7. The van der Waals surface area contributed by atoms with E-state index in [0.717, 1.165) is 66.3 Å². The summed E-state index contributed by atoms with van der Waals surface area (Å²) in [7, 11) is -0.441. The number of hydrogen-bond donors (Lipinski definition) is 7. The van der Waals surface area contributed by atoms with Gasteiger partial charge in [0.05, 0.1) is 76.2 Å². The van der Waals surface area contributed by atoms with Gasteiger partial charge in [0, 0.05) is 59.5 Å². The quantitative estimate of drug-likeness (QED) is 0.0768. The van der Waals surface area contributed by atoms with Crippen molar-refractivity contribution < 1.29 is 32.1 Å². The van der Waals surface area contributed by atoms with Gasteiger partial charge in [-0.1, -0.05) is 11.6 Å². The topological polar surface area (TPSA) is 236 Å². The molecule has 3 saturated carbocycles. The average Bonchev–Trinajstić information content (AvgIpc) is 1.58. The largest absolute Gasteiger partial charge is 0.512 e. The fourth-order valence-corrected chi connectivity index (χ4v) is 11.7. The molecule has 0 radical (unpaired) electrons. The van der Waals surface area contributed by atoms with Crippen molar-refractivity contribution in [3.05, 3.63) is 120 Å². The van der Waals surface area contributed by atoms with Crippen molar-refractivity contribution in [2.24, 2.45) is 5.73 Å². The lowest BCUT2D eigenvalue weighted by Crippen LogP contribution is -2.42. The summed E-state index contributed by atoms with van der Waals surface area (Å²) in [6.45, 7) is 21.4. The molecule has 14 rings (SSSR count). The molecule has 3 aromatic carbocycles. The molecule has 3 aliphatic carbocycles. The lowest BCUT2D eigenvalue weighted by molar-refractivity contribution is 0.00578. The zero-order valence-corrected chi connectivity index (χ0v) is 54.0. The molecule has 8 N–H and O–H groups in total. The summed E-state index contributed by atoms with van der Waals surface area (Å²) in [4.78, 5) is 57.1. The number of aryl methyl sites for hydroxylation is 3. The Hall–Kier alpha value is -6.24. The van der Waals surface area contributed by atoms with Gasteiger partial charge in [-0.15, -0.1) is 0 Å². The number of aromatic amines is 2. The number of hydrogen-bond acceptors (Lipinski definition) is 13. The first-order valence-corrected chi connectivity index (χ1v) is 31.1. The third-order valence-electron chi connectivity index (χ3n) is 17.4. The van der Waals surface area contributed by atoms with Crippen molar-refractivity contribution in [1.29, 1.82) is 0 Å². The molecule has 0 bridgehead atoms. The van der Waals surface area contributed by atoms with Gasteiger partial charge in [-0.3, -0.25) is 9.59 Å². The molecule has 5 aromatic heterocycles. The second-order valence-electron chi connectivity index (χ2n) is 25.0. The molecule has 1 saturated heterocycles. The Labute approximate surface area is 520 Å². The molecule has 0 atom stereocenters. The summed E-state index contributed by atoms with van der Waals surface area (Å²) >= 11 is 12.1. The summed E-state index contributed by atoms with van der Waals surface area (Å²) in [5, 5.41) is 12.9. The predicted molar refractivity (Wildman–Crippen MR) is 340 cm³/mol. The number of aromatic nitrogens is 8. The minimum Gasteiger partial charge on any atom is -0.398 e. The van der Waals surface area contributed by atoms with Gasteiger partial charge in [0.15, 0.2) is 5.15 Å². The van der Waals surface area contributed by atoms with E-state index >= 15 is 0 Å². The van der Waals surface area contributed by atoms with Crippen LogP contribution in [-0.4, -0.2) is 99.7 Å². The molecule has 2 amide bonds. The number of H-pyrrole nitrogens is 2. The van der Waals surface area contributed by atoms with Crippen molar-refractivity contribution in [1.82, 2.24) is 50.5 Å². The first kappa shape index (κ1) is 62.8. The van der Waals surface area contributed by atoms with Crippen LogP contribution in [0.5, 0.6) is 0 Å². The van der Waals surface area contributed by atoms with E-state index in [1.165, 1.54) is 50.3 Å². The fourth-order valence-electron chi connectivity index (χ4n) is 10.8. The van der Waals surface area contributed by atoms with Crippen LogP contribution in [0.1, 0.15) is 155 Å². The Balaban J connectivity index is 0.000000126. The van der Waals surface area contributed by atoms with E-state index in [0.29, 0.717) is 101 Å². The highest BCUT2D eigenvalue weighted by atomic mass is 79.9. The van der Waals surface area contributed by atoms with Crippen molar-refractivity contribution in [2.75, 3.05) is 23.7 Å². The lowest BCUT2D eigenvalue weighted by atomic mass is 9.78. The maximum Gasteiger partial charge on any atom is 0.512 e. The van der Waals surface area contributed by atoms with Gasteiger partial charge in [-0.2, -0.15) is 0 Å². The fraction of sp³-hybridized carbons (Fsp3) is 0.452. The van der Waals surface area contributed by atoms with E-state index in [1.54, 1.807) is 31.2 Å². The lowest BCUT2D eigenvalue weighted by Gasteiger charge is -2.39. The van der Waals surface area contributed by atoms with Crippen LogP contribution in [0.15, 0.2) is 57.5 Å². The van der Waals surface area contributed by atoms with Gasteiger partial charge in [0.2, 0.25) is 0 Å². The average molecular weight is 1330 g/mol.